The molecule has 1 saturated heterocycles. The summed E-state index contributed by atoms with van der Waals surface area (Å²) in [6.45, 7) is 1.42. The van der Waals surface area contributed by atoms with Crippen molar-refractivity contribution in [2.75, 3.05) is 13.2 Å². The van der Waals surface area contributed by atoms with Gasteiger partial charge in [-0.25, -0.2) is 0 Å². The molecule has 0 atom stereocenters. The maximum atomic E-state index is 5.47. The first-order valence-electron chi connectivity index (χ1n) is 3.66. The van der Waals surface area contributed by atoms with E-state index in [1.165, 1.54) is 0 Å². The van der Waals surface area contributed by atoms with Crippen LogP contribution in [0, 0.1) is 6.07 Å². The van der Waals surface area contributed by atoms with Gasteiger partial charge in [0.25, 0.3) is 0 Å². The van der Waals surface area contributed by atoms with Gasteiger partial charge in [0.15, 0.2) is 0 Å². The minimum Gasteiger partial charge on any atom is -0.485 e. The lowest BCUT2D eigenvalue weighted by atomic mass is 10.3. The van der Waals surface area contributed by atoms with Crippen molar-refractivity contribution in [3.63, 3.8) is 0 Å². The van der Waals surface area contributed by atoms with Crippen molar-refractivity contribution in [1.29, 1.82) is 0 Å². The van der Waals surface area contributed by atoms with E-state index in [9.17, 15) is 0 Å². The third-order valence-corrected chi connectivity index (χ3v) is 1.58. The summed E-state index contributed by atoms with van der Waals surface area (Å²) in [6, 6.07) is 10.6. The molecule has 57 valence electrons. The van der Waals surface area contributed by atoms with Gasteiger partial charge in [-0.15, -0.1) is 0 Å². The number of rotatable bonds is 2. The van der Waals surface area contributed by atoms with Crippen molar-refractivity contribution in [3.8, 4) is 5.75 Å². The molecule has 0 amide bonds. The summed E-state index contributed by atoms with van der Waals surface area (Å²) in [5.74, 6) is 0.806. The van der Waals surface area contributed by atoms with Crippen LogP contribution in [0.4, 0.5) is 0 Å². The van der Waals surface area contributed by atoms with Crippen LogP contribution in [0.15, 0.2) is 24.3 Å². The third-order valence-electron chi connectivity index (χ3n) is 1.58. The van der Waals surface area contributed by atoms with Gasteiger partial charge in [0.05, 0.1) is 13.2 Å². The number of hydrogen-bond acceptors (Lipinski definition) is 2. The van der Waals surface area contributed by atoms with Gasteiger partial charge in [0.1, 0.15) is 11.9 Å². The van der Waals surface area contributed by atoms with E-state index in [2.05, 4.69) is 6.07 Å². The Morgan fingerprint density at radius 2 is 2.36 bits per heavy atom. The Hall–Kier alpha value is -1.02. The molecular formula is C9H9O2. The summed E-state index contributed by atoms with van der Waals surface area (Å²) in [7, 11) is 0. The number of hydrogen-bond donors (Lipinski definition) is 0. The first-order chi connectivity index (χ1) is 5.45. The molecule has 0 N–H and O–H groups in total. The van der Waals surface area contributed by atoms with E-state index in [1.54, 1.807) is 0 Å². The fraction of sp³-hybridized carbons (Fsp3) is 0.333. The Labute approximate surface area is 65.7 Å². The first-order valence-corrected chi connectivity index (χ1v) is 3.66. The van der Waals surface area contributed by atoms with Gasteiger partial charge >= 0.3 is 0 Å². The van der Waals surface area contributed by atoms with E-state index in [4.69, 9.17) is 9.47 Å². The zero-order valence-corrected chi connectivity index (χ0v) is 6.12. The normalized spacial score (nSPS) is 17.5. The summed E-state index contributed by atoms with van der Waals surface area (Å²) in [4.78, 5) is 0. The molecule has 2 heteroatoms. The number of ether oxygens (including phenoxy) is 2. The van der Waals surface area contributed by atoms with Crippen molar-refractivity contribution < 1.29 is 9.47 Å². The molecule has 11 heavy (non-hydrogen) atoms. The van der Waals surface area contributed by atoms with Crippen LogP contribution in [0.2, 0.25) is 0 Å². The predicted molar refractivity (Wildman–Crippen MR) is 40.5 cm³/mol. The van der Waals surface area contributed by atoms with Crippen molar-refractivity contribution in [2.24, 2.45) is 0 Å². The molecule has 0 unspecified atom stereocenters. The molecule has 1 heterocycles. The average Bonchev–Trinajstić information content (AvgIpc) is 1.99. The second-order valence-corrected chi connectivity index (χ2v) is 2.50. The Kier molecular flexibility index (Phi) is 1.78. The summed E-state index contributed by atoms with van der Waals surface area (Å²) in [5, 5.41) is 0. The van der Waals surface area contributed by atoms with E-state index in [0.29, 0.717) is 13.2 Å². The van der Waals surface area contributed by atoms with Gasteiger partial charge in [-0.3, -0.25) is 0 Å². The fourth-order valence-corrected chi connectivity index (χ4v) is 0.912. The monoisotopic (exact) mass is 149 g/mol. The van der Waals surface area contributed by atoms with E-state index >= 15 is 0 Å². The fourth-order valence-electron chi connectivity index (χ4n) is 0.912. The molecule has 1 aromatic rings. The van der Waals surface area contributed by atoms with Crippen LogP contribution in [-0.4, -0.2) is 19.3 Å². The molecule has 1 aliphatic rings. The van der Waals surface area contributed by atoms with Crippen LogP contribution >= 0.6 is 0 Å². The Bertz CT molecular complexity index is 216. The lowest BCUT2D eigenvalue weighted by Crippen LogP contribution is -2.38. The predicted octanol–water partition coefficient (Wildman–Crippen LogP) is 1.26. The zero-order chi connectivity index (χ0) is 7.52. The topological polar surface area (TPSA) is 18.5 Å². The highest BCUT2D eigenvalue weighted by Gasteiger charge is 2.19. The van der Waals surface area contributed by atoms with E-state index in [0.717, 1.165) is 5.75 Å². The van der Waals surface area contributed by atoms with Crippen LogP contribution in [0.5, 0.6) is 5.75 Å². The van der Waals surface area contributed by atoms with Crippen molar-refractivity contribution in [1.82, 2.24) is 0 Å². The largest absolute Gasteiger partial charge is 0.485 e. The lowest BCUT2D eigenvalue weighted by Gasteiger charge is -2.26. The molecule has 0 bridgehead atoms. The van der Waals surface area contributed by atoms with Crippen LogP contribution in [0.3, 0.4) is 0 Å². The molecule has 2 nitrogen and oxygen atoms in total. The highest BCUT2D eigenvalue weighted by Crippen LogP contribution is 2.13. The standard InChI is InChI=1S/C9H9O2/c1-2-4-8(5-3-1)11-9-6-10-7-9/h1-4,9H,6-7H2. The van der Waals surface area contributed by atoms with Gasteiger partial charge in [-0.2, -0.15) is 0 Å². The van der Waals surface area contributed by atoms with Gasteiger partial charge in [-0.1, -0.05) is 18.2 Å². The minimum atomic E-state index is 0.244. The second-order valence-electron chi connectivity index (χ2n) is 2.50. The smallest absolute Gasteiger partial charge is 0.145 e. The summed E-state index contributed by atoms with van der Waals surface area (Å²) in [5.41, 5.74) is 0. The van der Waals surface area contributed by atoms with Crippen LogP contribution in [0.25, 0.3) is 0 Å². The molecule has 0 aliphatic carbocycles. The van der Waals surface area contributed by atoms with Crippen LogP contribution < -0.4 is 4.74 Å². The van der Waals surface area contributed by atoms with Crippen molar-refractivity contribution in [2.45, 2.75) is 6.10 Å². The van der Waals surface area contributed by atoms with E-state index in [-0.39, 0.29) is 6.10 Å². The Morgan fingerprint density at radius 1 is 1.45 bits per heavy atom. The molecular weight excluding hydrogens is 140 g/mol. The molecule has 1 radical (unpaired) electrons. The molecule has 0 aromatic heterocycles. The highest BCUT2D eigenvalue weighted by molar-refractivity contribution is 5.19. The van der Waals surface area contributed by atoms with Gasteiger partial charge < -0.3 is 9.47 Å². The Morgan fingerprint density at radius 3 is 2.91 bits per heavy atom. The number of para-hydroxylation sites is 1. The maximum absolute atomic E-state index is 5.47. The minimum absolute atomic E-state index is 0.244. The van der Waals surface area contributed by atoms with Crippen LogP contribution in [0.1, 0.15) is 0 Å². The quantitative estimate of drug-likeness (QED) is 0.630. The molecule has 1 fully saturated rings. The first kappa shape index (κ1) is 6.68. The Balaban J connectivity index is 1.95. The molecule has 0 saturated carbocycles. The SMILES string of the molecule is [c]1ccccc1OC1COC1. The van der Waals surface area contributed by atoms with E-state index in [1.807, 2.05) is 24.3 Å². The maximum Gasteiger partial charge on any atom is 0.145 e. The van der Waals surface area contributed by atoms with Gasteiger partial charge in [0, 0.05) is 6.07 Å². The van der Waals surface area contributed by atoms with Crippen molar-refractivity contribution >= 4 is 0 Å². The highest BCUT2D eigenvalue weighted by atomic mass is 16.6. The molecule has 1 aliphatic heterocycles. The zero-order valence-electron chi connectivity index (χ0n) is 6.12. The van der Waals surface area contributed by atoms with Gasteiger partial charge in [0.2, 0.25) is 0 Å². The molecule has 1 aromatic carbocycles. The van der Waals surface area contributed by atoms with Crippen LogP contribution in [-0.2, 0) is 4.74 Å². The summed E-state index contributed by atoms with van der Waals surface area (Å²) >= 11 is 0. The second kappa shape index (κ2) is 2.93. The van der Waals surface area contributed by atoms with Gasteiger partial charge in [-0.05, 0) is 6.07 Å². The lowest BCUT2D eigenvalue weighted by molar-refractivity contribution is -0.0797. The average molecular weight is 149 g/mol. The number of benzene rings is 1. The van der Waals surface area contributed by atoms with Crippen molar-refractivity contribution in [3.05, 3.63) is 30.3 Å². The molecule has 2 rings (SSSR count). The third kappa shape index (κ3) is 1.52. The summed E-state index contributed by atoms with van der Waals surface area (Å²) < 4.78 is 10.4. The summed E-state index contributed by atoms with van der Waals surface area (Å²) in [6.07, 6.45) is 0.244. The van der Waals surface area contributed by atoms with E-state index < -0.39 is 0 Å². The molecule has 0 spiro atoms.